The van der Waals surface area contributed by atoms with Crippen LogP contribution in [0.3, 0.4) is 0 Å². The summed E-state index contributed by atoms with van der Waals surface area (Å²) in [6, 6.07) is -0.787. The summed E-state index contributed by atoms with van der Waals surface area (Å²) in [5.41, 5.74) is 0. The Hall–Kier alpha value is -0.970. The Labute approximate surface area is 113 Å². The van der Waals surface area contributed by atoms with Crippen LogP contribution in [0.5, 0.6) is 0 Å². The van der Waals surface area contributed by atoms with Crippen molar-refractivity contribution < 1.29 is 14.7 Å². The monoisotopic (exact) mass is 273 g/mol. The van der Waals surface area contributed by atoms with E-state index in [-0.39, 0.29) is 5.91 Å². The van der Waals surface area contributed by atoms with Crippen molar-refractivity contribution in [2.45, 2.75) is 45.1 Å². The highest BCUT2D eigenvalue weighted by molar-refractivity contribution is 7.98. The van der Waals surface area contributed by atoms with Gasteiger partial charge in [0.25, 0.3) is 0 Å². The van der Waals surface area contributed by atoms with E-state index in [1.165, 1.54) is 6.08 Å². The quantitative estimate of drug-likeness (QED) is 0.474. The first-order valence-corrected chi connectivity index (χ1v) is 7.70. The standard InChI is InChI=1S/C13H23NO3S/c1-3-4-5-6-7-8-12(15)14-11(13(16)17)9-10-18-2/h7-8,11H,3-6,9-10H2,1-2H3,(H,14,15)(H,16,17)/b8-7+. The zero-order valence-electron chi connectivity index (χ0n) is 11.1. The van der Waals surface area contributed by atoms with Gasteiger partial charge in [0.15, 0.2) is 0 Å². The molecule has 0 aliphatic carbocycles. The number of amides is 1. The zero-order chi connectivity index (χ0) is 13.8. The predicted octanol–water partition coefficient (Wildman–Crippen LogP) is 2.45. The maximum absolute atomic E-state index is 11.5. The molecule has 0 spiro atoms. The Balaban J connectivity index is 3.97. The molecule has 0 saturated heterocycles. The number of carbonyl (C=O) groups is 2. The number of hydrogen-bond donors (Lipinski definition) is 2. The van der Waals surface area contributed by atoms with E-state index in [0.29, 0.717) is 6.42 Å². The normalized spacial score (nSPS) is 12.6. The number of allylic oxidation sites excluding steroid dienone is 1. The molecule has 0 aromatic heterocycles. The second-order valence-electron chi connectivity index (χ2n) is 4.08. The lowest BCUT2D eigenvalue weighted by molar-refractivity contribution is -0.141. The van der Waals surface area contributed by atoms with Gasteiger partial charge in [-0.25, -0.2) is 4.79 Å². The molecule has 1 atom stereocenters. The van der Waals surface area contributed by atoms with Gasteiger partial charge in [-0.2, -0.15) is 11.8 Å². The minimum absolute atomic E-state index is 0.319. The molecule has 0 aliphatic heterocycles. The maximum Gasteiger partial charge on any atom is 0.326 e. The van der Waals surface area contributed by atoms with E-state index in [1.807, 2.05) is 6.26 Å². The second-order valence-corrected chi connectivity index (χ2v) is 5.06. The molecule has 0 aromatic rings. The average molecular weight is 273 g/mol. The van der Waals surface area contributed by atoms with Crippen LogP contribution in [0.15, 0.2) is 12.2 Å². The zero-order valence-corrected chi connectivity index (χ0v) is 12.0. The molecule has 0 saturated carbocycles. The van der Waals surface area contributed by atoms with Crippen LogP contribution in [-0.4, -0.2) is 35.0 Å². The van der Waals surface area contributed by atoms with Gasteiger partial charge in [0.2, 0.25) is 5.91 Å². The fraction of sp³-hybridized carbons (Fsp3) is 0.692. The Kier molecular flexibility index (Phi) is 10.5. The van der Waals surface area contributed by atoms with Crippen LogP contribution < -0.4 is 5.32 Å². The van der Waals surface area contributed by atoms with Crippen LogP contribution >= 0.6 is 11.8 Å². The van der Waals surface area contributed by atoms with E-state index in [1.54, 1.807) is 17.8 Å². The first-order chi connectivity index (χ1) is 8.61. The van der Waals surface area contributed by atoms with E-state index >= 15 is 0 Å². The summed E-state index contributed by atoms with van der Waals surface area (Å²) in [5, 5.41) is 11.4. The highest BCUT2D eigenvalue weighted by Gasteiger charge is 2.17. The molecule has 2 N–H and O–H groups in total. The second kappa shape index (κ2) is 11.1. The molecule has 0 bridgehead atoms. The molecule has 1 amide bonds. The van der Waals surface area contributed by atoms with Gasteiger partial charge in [0, 0.05) is 0 Å². The van der Waals surface area contributed by atoms with Gasteiger partial charge < -0.3 is 10.4 Å². The molecular weight excluding hydrogens is 250 g/mol. The van der Waals surface area contributed by atoms with Gasteiger partial charge in [-0.1, -0.05) is 25.8 Å². The molecule has 18 heavy (non-hydrogen) atoms. The molecule has 0 radical (unpaired) electrons. The van der Waals surface area contributed by atoms with Crippen molar-refractivity contribution in [3.05, 3.63) is 12.2 Å². The largest absolute Gasteiger partial charge is 0.480 e. The van der Waals surface area contributed by atoms with Gasteiger partial charge in [0.05, 0.1) is 0 Å². The van der Waals surface area contributed by atoms with E-state index < -0.39 is 12.0 Å². The Morgan fingerprint density at radius 3 is 2.67 bits per heavy atom. The topological polar surface area (TPSA) is 66.4 Å². The third-order valence-corrected chi connectivity index (χ3v) is 3.11. The summed E-state index contributed by atoms with van der Waals surface area (Å²) in [6.07, 6.45) is 9.83. The summed E-state index contributed by atoms with van der Waals surface area (Å²) >= 11 is 1.57. The summed E-state index contributed by atoms with van der Waals surface area (Å²) in [4.78, 5) is 22.4. The number of carboxylic acids is 1. The van der Waals surface area contributed by atoms with E-state index in [4.69, 9.17) is 5.11 Å². The minimum Gasteiger partial charge on any atom is -0.480 e. The van der Waals surface area contributed by atoms with Crippen molar-refractivity contribution in [2.75, 3.05) is 12.0 Å². The highest BCUT2D eigenvalue weighted by Crippen LogP contribution is 2.02. The predicted molar refractivity (Wildman–Crippen MR) is 75.8 cm³/mol. The molecule has 0 rings (SSSR count). The number of rotatable bonds is 10. The summed E-state index contributed by atoms with van der Waals surface area (Å²) in [5.74, 6) is -0.575. The third kappa shape index (κ3) is 9.10. The molecule has 0 aromatic carbocycles. The molecule has 4 nitrogen and oxygen atoms in total. The van der Waals surface area contributed by atoms with Gasteiger partial charge in [-0.15, -0.1) is 0 Å². The average Bonchev–Trinajstić information content (AvgIpc) is 2.33. The first-order valence-electron chi connectivity index (χ1n) is 6.30. The fourth-order valence-corrected chi connectivity index (χ4v) is 1.89. The van der Waals surface area contributed by atoms with Crippen molar-refractivity contribution in [3.8, 4) is 0 Å². The van der Waals surface area contributed by atoms with Crippen molar-refractivity contribution in [1.29, 1.82) is 0 Å². The third-order valence-electron chi connectivity index (χ3n) is 2.47. The van der Waals surface area contributed by atoms with Crippen molar-refractivity contribution in [3.63, 3.8) is 0 Å². The lowest BCUT2D eigenvalue weighted by Gasteiger charge is -2.12. The summed E-state index contributed by atoms with van der Waals surface area (Å²) in [6.45, 7) is 2.12. The van der Waals surface area contributed by atoms with Crippen molar-refractivity contribution >= 4 is 23.6 Å². The van der Waals surface area contributed by atoms with Crippen molar-refractivity contribution in [2.24, 2.45) is 0 Å². The molecule has 5 heteroatoms. The molecule has 1 unspecified atom stereocenters. The number of unbranched alkanes of at least 4 members (excludes halogenated alkanes) is 3. The van der Waals surface area contributed by atoms with Crippen molar-refractivity contribution in [1.82, 2.24) is 5.32 Å². The number of aliphatic carboxylic acids is 1. The maximum atomic E-state index is 11.5. The molecule has 0 aliphatic rings. The van der Waals surface area contributed by atoms with Gasteiger partial charge in [-0.05, 0) is 37.3 Å². The molecule has 104 valence electrons. The van der Waals surface area contributed by atoms with E-state index in [2.05, 4.69) is 12.2 Å². The van der Waals surface area contributed by atoms with Gasteiger partial charge >= 0.3 is 5.97 Å². The van der Waals surface area contributed by atoms with Crippen LogP contribution in [0, 0.1) is 0 Å². The fourth-order valence-electron chi connectivity index (χ4n) is 1.42. The highest BCUT2D eigenvalue weighted by atomic mass is 32.2. The van der Waals surface area contributed by atoms with Gasteiger partial charge in [-0.3, -0.25) is 4.79 Å². The van der Waals surface area contributed by atoms with E-state index in [9.17, 15) is 9.59 Å². The van der Waals surface area contributed by atoms with Crippen LogP contribution in [0.1, 0.15) is 39.0 Å². The number of hydrogen-bond acceptors (Lipinski definition) is 3. The Morgan fingerprint density at radius 2 is 2.11 bits per heavy atom. The number of carboxylic acid groups (broad SMARTS) is 1. The van der Waals surface area contributed by atoms with Gasteiger partial charge in [0.1, 0.15) is 6.04 Å². The lowest BCUT2D eigenvalue weighted by Crippen LogP contribution is -2.40. The lowest BCUT2D eigenvalue weighted by atomic mass is 10.2. The van der Waals surface area contributed by atoms with E-state index in [0.717, 1.165) is 31.4 Å². The Morgan fingerprint density at radius 1 is 1.39 bits per heavy atom. The smallest absolute Gasteiger partial charge is 0.326 e. The molecule has 0 heterocycles. The number of nitrogens with one attached hydrogen (secondary N) is 1. The van der Waals surface area contributed by atoms with Crippen LogP contribution in [0.4, 0.5) is 0 Å². The first kappa shape index (κ1) is 17.0. The van der Waals surface area contributed by atoms with Crippen LogP contribution in [0.2, 0.25) is 0 Å². The minimum atomic E-state index is -0.975. The SMILES string of the molecule is CCCCC/C=C/C(=O)NC(CCSC)C(=O)O. The number of thioether (sulfide) groups is 1. The number of carbonyl (C=O) groups excluding carboxylic acids is 1. The molecule has 0 fully saturated rings. The van der Waals surface area contributed by atoms with Crippen LogP contribution in [0.25, 0.3) is 0 Å². The van der Waals surface area contributed by atoms with Crippen LogP contribution in [-0.2, 0) is 9.59 Å². The Bertz CT molecular complexity index is 279. The summed E-state index contributed by atoms with van der Waals surface area (Å²) < 4.78 is 0. The summed E-state index contributed by atoms with van der Waals surface area (Å²) in [7, 11) is 0. The molecular formula is C13H23NO3S.